The van der Waals surface area contributed by atoms with Gasteiger partial charge >= 0.3 is 11.7 Å². The van der Waals surface area contributed by atoms with Gasteiger partial charge in [-0.3, -0.25) is 14.9 Å². The predicted octanol–water partition coefficient (Wildman–Crippen LogP) is -0.542. The maximum Gasteiger partial charge on any atom is 0.324 e. The van der Waals surface area contributed by atoms with Gasteiger partial charge in [0.15, 0.2) is 0 Å². The van der Waals surface area contributed by atoms with Crippen LogP contribution in [0, 0.1) is 15.9 Å². The van der Waals surface area contributed by atoms with Gasteiger partial charge in [-0.1, -0.05) is 0 Å². The molecule has 1 rings (SSSR count). The van der Waals surface area contributed by atoms with E-state index >= 15 is 0 Å². The number of sulfonamides is 1. The van der Waals surface area contributed by atoms with Crippen molar-refractivity contribution in [3.05, 3.63) is 34.1 Å². The molecular weight excluding hydrogens is 299 g/mol. The number of hydrogen-bond acceptors (Lipinski definition) is 6. The van der Waals surface area contributed by atoms with E-state index in [9.17, 15) is 27.7 Å². The number of benzene rings is 1. The largest absolute Gasteiger partial charge is 0.480 e. The first-order valence-corrected chi connectivity index (χ1v) is 6.47. The lowest BCUT2D eigenvalue weighted by molar-refractivity contribution is -0.387. The Balaban J connectivity index is 3.19. The summed E-state index contributed by atoms with van der Waals surface area (Å²) < 4.78 is 38.2. The number of aliphatic hydroxyl groups is 1. The summed E-state index contributed by atoms with van der Waals surface area (Å²) in [6.07, 6.45) is 0. The third kappa shape index (κ3) is 3.46. The third-order valence-corrected chi connectivity index (χ3v) is 3.67. The topological polar surface area (TPSA) is 147 Å². The number of carbonyl (C=O) groups is 1. The van der Waals surface area contributed by atoms with Gasteiger partial charge in [-0.15, -0.1) is 0 Å². The lowest BCUT2D eigenvalue weighted by Crippen LogP contribution is -2.43. The first-order chi connectivity index (χ1) is 9.19. The molecule has 110 valence electrons. The molecule has 1 atom stereocenters. The Morgan fingerprint density at radius 3 is 2.55 bits per heavy atom. The fourth-order valence-electron chi connectivity index (χ4n) is 1.22. The van der Waals surface area contributed by atoms with E-state index in [1.165, 1.54) is 0 Å². The molecule has 20 heavy (non-hydrogen) atoms. The Kier molecular flexibility index (Phi) is 4.70. The molecule has 0 heterocycles. The Morgan fingerprint density at radius 2 is 2.10 bits per heavy atom. The highest BCUT2D eigenvalue weighted by Crippen LogP contribution is 2.21. The molecule has 0 fully saturated rings. The smallest absolute Gasteiger partial charge is 0.324 e. The zero-order valence-corrected chi connectivity index (χ0v) is 10.5. The van der Waals surface area contributed by atoms with Crippen molar-refractivity contribution in [3.8, 4) is 0 Å². The highest BCUT2D eigenvalue weighted by molar-refractivity contribution is 7.89. The average molecular weight is 308 g/mol. The van der Waals surface area contributed by atoms with Gasteiger partial charge in [-0.05, 0) is 12.1 Å². The lowest BCUT2D eigenvalue weighted by Gasteiger charge is -2.12. The van der Waals surface area contributed by atoms with Crippen LogP contribution in [-0.4, -0.2) is 42.2 Å². The van der Waals surface area contributed by atoms with Crippen molar-refractivity contribution < 1.29 is 32.7 Å². The van der Waals surface area contributed by atoms with Gasteiger partial charge in [0.25, 0.3) is 0 Å². The summed E-state index contributed by atoms with van der Waals surface area (Å²) in [6, 6.07) is -0.0554. The van der Waals surface area contributed by atoms with Crippen LogP contribution in [0.15, 0.2) is 23.1 Å². The highest BCUT2D eigenvalue weighted by Gasteiger charge is 2.27. The van der Waals surface area contributed by atoms with Crippen molar-refractivity contribution in [2.45, 2.75) is 10.9 Å². The summed E-state index contributed by atoms with van der Waals surface area (Å²) in [5.41, 5.74) is -1.07. The molecule has 9 nitrogen and oxygen atoms in total. The second-order valence-electron chi connectivity index (χ2n) is 3.57. The van der Waals surface area contributed by atoms with Crippen LogP contribution < -0.4 is 4.72 Å². The van der Waals surface area contributed by atoms with E-state index in [1.807, 2.05) is 0 Å². The van der Waals surface area contributed by atoms with Crippen LogP contribution in [0.2, 0.25) is 0 Å². The molecular formula is C9H9FN2O7S. The number of hydrogen-bond donors (Lipinski definition) is 3. The molecule has 0 spiro atoms. The van der Waals surface area contributed by atoms with Gasteiger partial charge in [-0.25, -0.2) is 8.42 Å². The molecule has 0 aliphatic carbocycles. The molecule has 0 saturated carbocycles. The van der Waals surface area contributed by atoms with E-state index in [2.05, 4.69) is 0 Å². The minimum absolute atomic E-state index is 0.452. The summed E-state index contributed by atoms with van der Waals surface area (Å²) in [7, 11) is -4.45. The number of halogens is 1. The fourth-order valence-corrected chi connectivity index (χ4v) is 2.42. The zero-order chi connectivity index (χ0) is 15.5. The molecule has 0 radical (unpaired) electrons. The van der Waals surface area contributed by atoms with Crippen LogP contribution >= 0.6 is 0 Å². The van der Waals surface area contributed by atoms with Crippen molar-refractivity contribution >= 4 is 21.7 Å². The van der Waals surface area contributed by atoms with Gasteiger partial charge < -0.3 is 10.2 Å². The fraction of sp³-hybridized carbons (Fsp3) is 0.222. The quantitative estimate of drug-likeness (QED) is 0.472. The van der Waals surface area contributed by atoms with Crippen molar-refractivity contribution in [2.24, 2.45) is 0 Å². The molecule has 3 N–H and O–H groups in total. The Labute approximate surface area is 111 Å². The minimum Gasteiger partial charge on any atom is -0.480 e. The maximum atomic E-state index is 13.1. The second kappa shape index (κ2) is 5.90. The summed E-state index contributed by atoms with van der Waals surface area (Å²) in [5.74, 6) is -2.86. The van der Waals surface area contributed by atoms with Gasteiger partial charge in [0.2, 0.25) is 15.8 Å². The van der Waals surface area contributed by atoms with Crippen LogP contribution in [0.1, 0.15) is 0 Å². The molecule has 0 aromatic heterocycles. The Bertz CT molecular complexity index is 646. The number of nitrogens with one attached hydrogen (secondary N) is 1. The molecule has 0 bridgehead atoms. The minimum atomic E-state index is -4.45. The normalized spacial score (nSPS) is 12.9. The molecule has 1 aromatic carbocycles. The SMILES string of the molecule is O=C(O)C(CO)NS(=O)(=O)c1ccc(F)c([N+](=O)[O-])c1. The standard InChI is InChI=1S/C9H9FN2O7S/c10-6-2-1-5(3-8(6)12(16)17)20(18,19)11-7(4-13)9(14)15/h1-3,7,11,13H,4H2,(H,14,15). The number of aliphatic carboxylic acids is 1. The van der Waals surface area contributed by atoms with Gasteiger partial charge in [0, 0.05) is 6.07 Å². The van der Waals surface area contributed by atoms with Gasteiger partial charge in [-0.2, -0.15) is 9.11 Å². The average Bonchev–Trinajstić information content (AvgIpc) is 2.35. The van der Waals surface area contributed by atoms with Crippen molar-refractivity contribution in [3.63, 3.8) is 0 Å². The van der Waals surface area contributed by atoms with Crippen molar-refractivity contribution in [2.75, 3.05) is 6.61 Å². The van der Waals surface area contributed by atoms with E-state index in [-0.39, 0.29) is 0 Å². The Hall–Kier alpha value is -2.11. The van der Waals surface area contributed by atoms with Crippen LogP contribution in [0.4, 0.5) is 10.1 Å². The summed E-state index contributed by atoms with van der Waals surface area (Å²) >= 11 is 0. The first-order valence-electron chi connectivity index (χ1n) is 4.99. The molecule has 1 aromatic rings. The number of nitrogens with zero attached hydrogens (tertiary/aromatic N) is 1. The lowest BCUT2D eigenvalue weighted by atomic mass is 10.3. The van der Waals surface area contributed by atoms with Crippen LogP contribution in [0.3, 0.4) is 0 Å². The van der Waals surface area contributed by atoms with Crippen LogP contribution in [0.25, 0.3) is 0 Å². The maximum absolute atomic E-state index is 13.1. The van der Waals surface area contributed by atoms with E-state index in [0.29, 0.717) is 12.1 Å². The van der Waals surface area contributed by atoms with E-state index in [4.69, 9.17) is 10.2 Å². The first kappa shape index (κ1) is 15.9. The molecule has 0 amide bonds. The Morgan fingerprint density at radius 1 is 1.50 bits per heavy atom. The monoisotopic (exact) mass is 308 g/mol. The number of nitro benzene ring substituents is 1. The van der Waals surface area contributed by atoms with Crippen molar-refractivity contribution in [1.29, 1.82) is 0 Å². The van der Waals surface area contributed by atoms with Gasteiger partial charge in [0.1, 0.15) is 6.04 Å². The highest BCUT2D eigenvalue weighted by atomic mass is 32.2. The van der Waals surface area contributed by atoms with E-state index in [1.54, 1.807) is 4.72 Å². The number of aliphatic hydroxyl groups excluding tert-OH is 1. The van der Waals surface area contributed by atoms with Crippen LogP contribution in [0.5, 0.6) is 0 Å². The summed E-state index contributed by atoms with van der Waals surface area (Å²) in [5, 5.41) is 27.8. The number of rotatable bonds is 6. The molecule has 1 unspecified atom stereocenters. The number of nitro groups is 1. The number of carboxylic acid groups (broad SMARTS) is 1. The zero-order valence-electron chi connectivity index (χ0n) is 9.69. The molecule has 11 heteroatoms. The predicted molar refractivity (Wildman–Crippen MR) is 61.9 cm³/mol. The van der Waals surface area contributed by atoms with E-state index in [0.717, 1.165) is 6.07 Å². The summed E-state index contributed by atoms with van der Waals surface area (Å²) in [6.45, 7) is -1.02. The summed E-state index contributed by atoms with van der Waals surface area (Å²) in [4.78, 5) is 19.3. The molecule has 0 saturated heterocycles. The molecule has 0 aliphatic heterocycles. The van der Waals surface area contributed by atoms with Crippen LogP contribution in [-0.2, 0) is 14.8 Å². The number of carboxylic acids is 1. The van der Waals surface area contributed by atoms with Crippen molar-refractivity contribution in [1.82, 2.24) is 4.72 Å². The second-order valence-corrected chi connectivity index (χ2v) is 5.28. The molecule has 0 aliphatic rings. The van der Waals surface area contributed by atoms with Gasteiger partial charge in [0.05, 0.1) is 16.4 Å². The van der Waals surface area contributed by atoms with E-state index < -0.39 is 50.0 Å². The third-order valence-electron chi connectivity index (χ3n) is 2.20.